The summed E-state index contributed by atoms with van der Waals surface area (Å²) in [6.07, 6.45) is 3.75. The lowest BCUT2D eigenvalue weighted by Crippen LogP contribution is -2.33. The van der Waals surface area contributed by atoms with Crippen LogP contribution in [0.3, 0.4) is 0 Å². The van der Waals surface area contributed by atoms with Crippen LogP contribution in [0.25, 0.3) is 0 Å². The van der Waals surface area contributed by atoms with Gasteiger partial charge in [-0.15, -0.1) is 0 Å². The van der Waals surface area contributed by atoms with Gasteiger partial charge in [-0.2, -0.15) is 0 Å². The summed E-state index contributed by atoms with van der Waals surface area (Å²) >= 11 is 3.44. The van der Waals surface area contributed by atoms with Crippen molar-refractivity contribution in [2.75, 3.05) is 18.5 Å². The highest BCUT2D eigenvalue weighted by Gasteiger charge is 2.41. The zero-order valence-electron chi connectivity index (χ0n) is 9.51. The summed E-state index contributed by atoms with van der Waals surface area (Å²) in [6, 6.07) is 0. The lowest BCUT2D eigenvalue weighted by atomic mass is 10.0. The van der Waals surface area contributed by atoms with Crippen molar-refractivity contribution in [3.05, 3.63) is 0 Å². The van der Waals surface area contributed by atoms with Gasteiger partial charge in [0.25, 0.3) is 0 Å². The third-order valence-corrected chi connectivity index (χ3v) is 3.19. The highest BCUT2D eigenvalue weighted by molar-refractivity contribution is 9.09. The van der Waals surface area contributed by atoms with E-state index in [1.807, 2.05) is 13.8 Å². The molecule has 15 heavy (non-hydrogen) atoms. The summed E-state index contributed by atoms with van der Waals surface area (Å²) in [5.74, 6) is 0.00421. The van der Waals surface area contributed by atoms with Gasteiger partial charge in [0.2, 0.25) is 5.91 Å². The average Bonchev–Trinajstić information content (AvgIpc) is 2.93. The fourth-order valence-corrected chi connectivity index (χ4v) is 2.31. The molecular weight excluding hydrogens is 258 g/mol. The van der Waals surface area contributed by atoms with E-state index in [0.29, 0.717) is 5.41 Å². The standard InChI is InChI=1S/C11H20BrNO2/c1-9(2)15-7-10(14)13-8-11(3-4-11)5-6-12/h9H,3-8H2,1-2H3,(H,13,14). The Hall–Kier alpha value is -0.0900. The number of amides is 1. The fourth-order valence-electron chi connectivity index (χ4n) is 1.47. The van der Waals surface area contributed by atoms with Crippen LogP contribution in [0.2, 0.25) is 0 Å². The van der Waals surface area contributed by atoms with Crippen molar-refractivity contribution in [1.82, 2.24) is 5.32 Å². The Balaban J connectivity index is 2.11. The highest BCUT2D eigenvalue weighted by Crippen LogP contribution is 2.48. The quantitative estimate of drug-likeness (QED) is 0.724. The van der Waals surface area contributed by atoms with E-state index in [-0.39, 0.29) is 18.6 Å². The summed E-state index contributed by atoms with van der Waals surface area (Å²) in [4.78, 5) is 11.4. The first kappa shape index (κ1) is 13.0. The van der Waals surface area contributed by atoms with Crippen LogP contribution in [0, 0.1) is 5.41 Å². The average molecular weight is 278 g/mol. The smallest absolute Gasteiger partial charge is 0.246 e. The van der Waals surface area contributed by atoms with Crippen molar-refractivity contribution >= 4 is 21.8 Å². The monoisotopic (exact) mass is 277 g/mol. The molecule has 0 atom stereocenters. The molecule has 1 amide bonds. The Morgan fingerprint density at radius 2 is 2.20 bits per heavy atom. The molecule has 1 aliphatic carbocycles. The van der Waals surface area contributed by atoms with E-state index in [9.17, 15) is 4.79 Å². The minimum atomic E-state index is 0.00421. The molecule has 1 saturated carbocycles. The van der Waals surface area contributed by atoms with E-state index in [0.717, 1.165) is 18.3 Å². The van der Waals surface area contributed by atoms with Gasteiger partial charge in [0.05, 0.1) is 6.10 Å². The fraction of sp³-hybridized carbons (Fsp3) is 0.909. The maximum absolute atomic E-state index is 11.4. The molecule has 0 radical (unpaired) electrons. The molecule has 1 aliphatic rings. The van der Waals surface area contributed by atoms with E-state index < -0.39 is 0 Å². The van der Waals surface area contributed by atoms with Gasteiger partial charge in [0.15, 0.2) is 0 Å². The Kier molecular flexibility index (Phi) is 5.06. The Bertz CT molecular complexity index is 215. The van der Waals surface area contributed by atoms with Gasteiger partial charge < -0.3 is 10.1 Å². The minimum Gasteiger partial charge on any atom is -0.369 e. The topological polar surface area (TPSA) is 38.3 Å². The molecule has 4 heteroatoms. The first-order chi connectivity index (χ1) is 7.08. The van der Waals surface area contributed by atoms with Crippen molar-refractivity contribution < 1.29 is 9.53 Å². The Morgan fingerprint density at radius 3 is 2.67 bits per heavy atom. The molecule has 0 bridgehead atoms. The van der Waals surface area contributed by atoms with Crippen LogP contribution in [0.1, 0.15) is 33.1 Å². The van der Waals surface area contributed by atoms with Crippen LogP contribution in [-0.4, -0.2) is 30.5 Å². The van der Waals surface area contributed by atoms with Gasteiger partial charge in [-0.1, -0.05) is 15.9 Å². The van der Waals surface area contributed by atoms with Crippen LogP contribution in [0.4, 0.5) is 0 Å². The van der Waals surface area contributed by atoms with Crippen molar-refractivity contribution in [2.24, 2.45) is 5.41 Å². The van der Waals surface area contributed by atoms with Gasteiger partial charge in [0, 0.05) is 11.9 Å². The number of nitrogens with one attached hydrogen (secondary N) is 1. The second kappa shape index (κ2) is 5.85. The summed E-state index contributed by atoms with van der Waals surface area (Å²) in [6.45, 7) is 4.85. The molecule has 0 unspecified atom stereocenters. The minimum absolute atomic E-state index is 0.00421. The van der Waals surface area contributed by atoms with Crippen molar-refractivity contribution in [1.29, 1.82) is 0 Å². The molecule has 0 aliphatic heterocycles. The number of ether oxygens (including phenoxy) is 1. The van der Waals surface area contributed by atoms with Gasteiger partial charge >= 0.3 is 0 Å². The second-order valence-corrected chi connectivity index (χ2v) is 5.37. The molecule has 0 aromatic rings. The molecule has 0 saturated heterocycles. The molecule has 0 aromatic heterocycles. The van der Waals surface area contributed by atoms with Gasteiger partial charge in [0.1, 0.15) is 6.61 Å². The van der Waals surface area contributed by atoms with Crippen LogP contribution in [0.15, 0.2) is 0 Å². The predicted octanol–water partition coefficient (Wildman–Crippen LogP) is 2.09. The maximum atomic E-state index is 11.4. The largest absolute Gasteiger partial charge is 0.369 e. The lowest BCUT2D eigenvalue weighted by molar-refractivity contribution is -0.127. The van der Waals surface area contributed by atoms with Crippen molar-refractivity contribution in [3.8, 4) is 0 Å². The number of carbonyl (C=O) groups excluding carboxylic acids is 1. The number of carbonyl (C=O) groups is 1. The van der Waals surface area contributed by atoms with Crippen LogP contribution in [-0.2, 0) is 9.53 Å². The molecule has 1 rings (SSSR count). The zero-order chi connectivity index (χ0) is 11.3. The summed E-state index contributed by atoms with van der Waals surface area (Å²) < 4.78 is 5.23. The first-order valence-electron chi connectivity index (χ1n) is 5.52. The van der Waals surface area contributed by atoms with E-state index in [2.05, 4.69) is 21.2 Å². The summed E-state index contributed by atoms with van der Waals surface area (Å²) in [5.41, 5.74) is 0.386. The van der Waals surface area contributed by atoms with Crippen molar-refractivity contribution in [2.45, 2.75) is 39.2 Å². The van der Waals surface area contributed by atoms with E-state index in [4.69, 9.17) is 4.74 Å². The van der Waals surface area contributed by atoms with Crippen LogP contribution >= 0.6 is 15.9 Å². The van der Waals surface area contributed by atoms with Gasteiger partial charge in [-0.25, -0.2) is 0 Å². The van der Waals surface area contributed by atoms with E-state index >= 15 is 0 Å². The SMILES string of the molecule is CC(C)OCC(=O)NCC1(CCBr)CC1. The van der Waals surface area contributed by atoms with Crippen LogP contribution in [0.5, 0.6) is 0 Å². The van der Waals surface area contributed by atoms with Crippen LogP contribution < -0.4 is 5.32 Å². The Labute approximate surface area is 100 Å². The van der Waals surface area contributed by atoms with Gasteiger partial charge in [-0.05, 0) is 38.5 Å². The number of hydrogen-bond acceptors (Lipinski definition) is 2. The summed E-state index contributed by atoms with van der Waals surface area (Å²) in [7, 11) is 0. The van der Waals surface area contributed by atoms with E-state index in [1.165, 1.54) is 12.8 Å². The number of rotatable bonds is 7. The zero-order valence-corrected chi connectivity index (χ0v) is 11.1. The van der Waals surface area contributed by atoms with E-state index in [1.54, 1.807) is 0 Å². The normalized spacial score (nSPS) is 17.9. The third-order valence-electron chi connectivity index (χ3n) is 2.79. The number of halogens is 1. The molecule has 0 heterocycles. The second-order valence-electron chi connectivity index (χ2n) is 4.58. The predicted molar refractivity (Wildman–Crippen MR) is 64.2 cm³/mol. The molecule has 1 fully saturated rings. The van der Waals surface area contributed by atoms with Crippen molar-refractivity contribution in [3.63, 3.8) is 0 Å². The molecule has 88 valence electrons. The first-order valence-corrected chi connectivity index (χ1v) is 6.64. The Morgan fingerprint density at radius 1 is 1.53 bits per heavy atom. The molecule has 1 N–H and O–H groups in total. The molecule has 3 nitrogen and oxygen atoms in total. The molecular formula is C11H20BrNO2. The molecule has 0 aromatic carbocycles. The number of alkyl halides is 1. The maximum Gasteiger partial charge on any atom is 0.246 e. The number of hydrogen-bond donors (Lipinski definition) is 1. The highest BCUT2D eigenvalue weighted by atomic mass is 79.9. The summed E-state index contributed by atoms with van der Waals surface area (Å²) in [5, 5.41) is 3.96. The lowest BCUT2D eigenvalue weighted by Gasteiger charge is -2.15. The third kappa shape index (κ3) is 4.98. The van der Waals surface area contributed by atoms with Gasteiger partial charge in [-0.3, -0.25) is 4.79 Å². The molecule has 0 spiro atoms.